The molecule has 5 rings (SSSR count). The van der Waals surface area contributed by atoms with Crippen LogP contribution in [0.25, 0.3) is 0 Å². The Morgan fingerprint density at radius 1 is 1.06 bits per heavy atom. The number of hydrogen-bond donors (Lipinski definition) is 0. The van der Waals surface area contributed by atoms with Gasteiger partial charge in [0.2, 0.25) is 17.9 Å². The number of methoxy groups -OCH3 is 2. The van der Waals surface area contributed by atoms with Crippen LogP contribution in [-0.4, -0.2) is 54.3 Å². The van der Waals surface area contributed by atoms with Gasteiger partial charge in [-0.25, -0.2) is 0 Å². The molecule has 3 heterocycles. The van der Waals surface area contributed by atoms with Gasteiger partial charge in [0.05, 0.1) is 26.8 Å². The number of hydrogen-bond acceptors (Lipinski definition) is 7. The summed E-state index contributed by atoms with van der Waals surface area (Å²) in [5.74, 6) is 0.968. The maximum absolute atomic E-state index is 13.3. The van der Waals surface area contributed by atoms with Gasteiger partial charge in [-0.1, -0.05) is 41.9 Å². The van der Waals surface area contributed by atoms with Crippen molar-refractivity contribution in [1.29, 1.82) is 0 Å². The minimum absolute atomic E-state index is 0.0248. The Bertz CT molecular complexity index is 1150. The normalized spacial score (nSPS) is 21.4. The van der Waals surface area contributed by atoms with Gasteiger partial charge >= 0.3 is 6.01 Å². The van der Waals surface area contributed by atoms with Gasteiger partial charge in [0.15, 0.2) is 0 Å². The summed E-state index contributed by atoms with van der Waals surface area (Å²) in [6.45, 7) is 0.743. The summed E-state index contributed by atoms with van der Waals surface area (Å²) in [4.78, 5) is 23.6. The maximum Gasteiger partial charge on any atom is 0.323 e. The number of benzene rings is 2. The molecule has 32 heavy (non-hydrogen) atoms. The molecular weight excluding hydrogens is 434 g/mol. The molecule has 2 atom stereocenters. The predicted molar refractivity (Wildman–Crippen MR) is 115 cm³/mol. The molecule has 2 aliphatic heterocycles. The van der Waals surface area contributed by atoms with Crippen molar-refractivity contribution in [2.24, 2.45) is 0 Å². The molecule has 0 N–H and O–H groups in total. The summed E-state index contributed by atoms with van der Waals surface area (Å²) in [5, 5.41) is 0.530. The number of β-lactam (4-membered cyclic amide) rings is 1. The van der Waals surface area contributed by atoms with E-state index in [-0.39, 0.29) is 23.7 Å². The third-order valence-corrected chi connectivity index (χ3v) is 5.97. The number of carbonyl (C=O) groups excluding carboxylic acids is 1. The topological polar surface area (TPSA) is 83.0 Å². The smallest absolute Gasteiger partial charge is 0.323 e. The molecule has 164 valence electrons. The summed E-state index contributed by atoms with van der Waals surface area (Å²) in [5.41, 5.74) is 0.649. The van der Waals surface area contributed by atoms with Gasteiger partial charge in [-0.2, -0.15) is 9.97 Å². The van der Waals surface area contributed by atoms with E-state index in [0.29, 0.717) is 23.9 Å². The Labute approximate surface area is 189 Å². The Balaban J connectivity index is 1.69. The van der Waals surface area contributed by atoms with E-state index in [0.717, 1.165) is 11.1 Å². The minimum Gasteiger partial charge on any atom is -0.491 e. The van der Waals surface area contributed by atoms with E-state index < -0.39 is 11.6 Å². The van der Waals surface area contributed by atoms with Crippen molar-refractivity contribution in [3.8, 4) is 23.5 Å². The first-order valence-corrected chi connectivity index (χ1v) is 10.4. The molecule has 0 saturated carbocycles. The lowest BCUT2D eigenvalue weighted by Crippen LogP contribution is -2.74. The lowest BCUT2D eigenvalue weighted by molar-refractivity contribution is -0.177. The van der Waals surface area contributed by atoms with E-state index in [1.165, 1.54) is 20.3 Å². The van der Waals surface area contributed by atoms with Crippen LogP contribution in [0, 0.1) is 0 Å². The zero-order chi connectivity index (χ0) is 22.3. The number of carbonyl (C=O) groups is 1. The number of fused-ring (bicyclic) bond motifs is 3. The molecule has 0 radical (unpaired) electrons. The number of nitrogens with zero attached hydrogens (tertiary/aromatic N) is 3. The fraction of sp³-hybridized carbons (Fsp3) is 0.261. The highest BCUT2D eigenvalue weighted by Gasteiger charge is 2.66. The summed E-state index contributed by atoms with van der Waals surface area (Å²) >= 11 is 6.38. The monoisotopic (exact) mass is 453 g/mol. The highest BCUT2D eigenvalue weighted by Crippen LogP contribution is 2.52. The van der Waals surface area contributed by atoms with Gasteiger partial charge in [0, 0.05) is 10.6 Å². The molecule has 1 saturated heterocycles. The van der Waals surface area contributed by atoms with Crippen LogP contribution in [0.4, 0.5) is 0 Å². The van der Waals surface area contributed by atoms with Gasteiger partial charge in [0.1, 0.15) is 17.9 Å². The fourth-order valence-corrected chi connectivity index (χ4v) is 4.53. The van der Waals surface area contributed by atoms with Gasteiger partial charge in [-0.05, 0) is 23.8 Å². The third-order valence-electron chi connectivity index (χ3n) is 5.73. The molecule has 8 nitrogen and oxygen atoms in total. The van der Waals surface area contributed by atoms with E-state index in [2.05, 4.69) is 9.97 Å². The summed E-state index contributed by atoms with van der Waals surface area (Å²) in [6.07, 6.45) is -0.944. The number of halogens is 1. The van der Waals surface area contributed by atoms with E-state index in [1.807, 2.05) is 42.5 Å². The zero-order valence-corrected chi connectivity index (χ0v) is 18.2. The zero-order valence-electron chi connectivity index (χ0n) is 17.4. The first-order chi connectivity index (χ1) is 15.6. The molecule has 2 aliphatic rings. The quantitative estimate of drug-likeness (QED) is 0.549. The molecule has 0 bridgehead atoms. The lowest BCUT2D eigenvalue weighted by Gasteiger charge is -2.55. The minimum atomic E-state index is -0.964. The summed E-state index contributed by atoms with van der Waals surface area (Å²) < 4.78 is 22.6. The Morgan fingerprint density at radius 3 is 2.47 bits per heavy atom. The van der Waals surface area contributed by atoms with Gasteiger partial charge in [-0.3, -0.25) is 4.79 Å². The largest absolute Gasteiger partial charge is 0.491 e. The molecule has 1 amide bonds. The van der Waals surface area contributed by atoms with Crippen LogP contribution in [-0.2, 0) is 10.3 Å². The van der Waals surface area contributed by atoms with Crippen molar-refractivity contribution in [3.63, 3.8) is 0 Å². The van der Waals surface area contributed by atoms with E-state index in [9.17, 15) is 4.79 Å². The average Bonchev–Trinajstić information content (AvgIpc) is 2.97. The van der Waals surface area contributed by atoms with Crippen molar-refractivity contribution < 1.29 is 23.7 Å². The van der Waals surface area contributed by atoms with Crippen molar-refractivity contribution in [3.05, 3.63) is 70.7 Å². The molecule has 0 spiro atoms. The first kappa shape index (κ1) is 20.4. The van der Waals surface area contributed by atoms with Crippen molar-refractivity contribution >= 4 is 17.5 Å². The van der Waals surface area contributed by atoms with Crippen molar-refractivity contribution in [1.82, 2.24) is 14.9 Å². The molecular formula is C23H20ClN3O5. The standard InChI is InChI=1S/C23H20ClN3O5/c1-29-18-13-19(30-2)26-22(25-18)32-20-21(28)27-10-11-31-17-9-8-15(24)12-16(17)23(20,27)14-6-4-3-5-7-14/h3-9,12-13,20H,10-11H2,1-2H3/t20-,23+/m1/s1. The van der Waals surface area contributed by atoms with Crippen LogP contribution in [0.15, 0.2) is 54.6 Å². The highest BCUT2D eigenvalue weighted by atomic mass is 35.5. The van der Waals surface area contributed by atoms with Crippen LogP contribution < -0.4 is 18.9 Å². The van der Waals surface area contributed by atoms with Gasteiger partial charge in [0.25, 0.3) is 5.91 Å². The number of amides is 1. The predicted octanol–water partition coefficient (Wildman–Crippen LogP) is 3.07. The van der Waals surface area contributed by atoms with Crippen molar-refractivity contribution in [2.75, 3.05) is 27.4 Å². The molecule has 0 unspecified atom stereocenters. The van der Waals surface area contributed by atoms with Crippen LogP contribution in [0.1, 0.15) is 11.1 Å². The van der Waals surface area contributed by atoms with E-state index >= 15 is 0 Å². The average molecular weight is 454 g/mol. The summed E-state index contributed by atoms with van der Waals surface area (Å²) in [6, 6.07) is 16.6. The highest BCUT2D eigenvalue weighted by molar-refractivity contribution is 6.30. The van der Waals surface area contributed by atoms with E-state index in [4.69, 9.17) is 30.5 Å². The molecule has 1 aromatic heterocycles. The first-order valence-electron chi connectivity index (χ1n) is 10.0. The van der Waals surface area contributed by atoms with Gasteiger partial charge < -0.3 is 23.8 Å². The van der Waals surface area contributed by atoms with Crippen LogP contribution in [0.5, 0.6) is 23.5 Å². The maximum atomic E-state index is 13.3. The number of aromatic nitrogens is 2. The fourth-order valence-electron chi connectivity index (χ4n) is 4.36. The second kappa shape index (κ2) is 7.87. The molecule has 9 heteroatoms. The SMILES string of the molecule is COc1cc(OC)nc(O[C@@H]2C(=O)N3CCOc4ccc(Cl)cc4[C@@]23c2ccccc2)n1. The van der Waals surface area contributed by atoms with Crippen LogP contribution in [0.2, 0.25) is 5.02 Å². The van der Waals surface area contributed by atoms with Crippen molar-refractivity contribution in [2.45, 2.75) is 11.6 Å². The summed E-state index contributed by atoms with van der Waals surface area (Å²) in [7, 11) is 2.96. The molecule has 1 fully saturated rings. The molecule has 2 aromatic carbocycles. The second-order valence-corrected chi connectivity index (χ2v) is 7.78. The van der Waals surface area contributed by atoms with E-state index in [1.54, 1.807) is 11.0 Å². The Hall–Kier alpha value is -3.52. The number of ether oxygens (including phenoxy) is 4. The third kappa shape index (κ3) is 3.02. The molecule has 3 aromatic rings. The van der Waals surface area contributed by atoms with Gasteiger partial charge in [-0.15, -0.1) is 0 Å². The Morgan fingerprint density at radius 2 is 1.78 bits per heavy atom. The lowest BCUT2D eigenvalue weighted by atomic mass is 9.69. The second-order valence-electron chi connectivity index (χ2n) is 7.34. The Kier molecular flexibility index (Phi) is 5.01. The number of rotatable bonds is 5. The molecule has 0 aliphatic carbocycles. The van der Waals surface area contributed by atoms with Crippen LogP contribution in [0.3, 0.4) is 0 Å². The van der Waals surface area contributed by atoms with Crippen LogP contribution >= 0.6 is 11.6 Å².